The standard InChI is InChI=1S/C19H17ClFN3/c20-15-7-6-14(17(21)8-15)9-24-10-16(13-4-2-1-3-5-13)19-18(11-24)22-12-23-19/h1-8,12,16H,9-11H2,(H,22,23). The van der Waals surface area contributed by atoms with Crippen LogP contribution in [0, 0.1) is 5.82 Å². The van der Waals surface area contributed by atoms with Crippen LogP contribution >= 0.6 is 11.6 Å². The molecule has 1 aromatic heterocycles. The number of aromatic nitrogens is 2. The number of imidazole rings is 1. The summed E-state index contributed by atoms with van der Waals surface area (Å²) in [5, 5.41) is 0.424. The zero-order valence-electron chi connectivity index (χ0n) is 13.0. The summed E-state index contributed by atoms with van der Waals surface area (Å²) >= 11 is 5.85. The topological polar surface area (TPSA) is 31.9 Å². The van der Waals surface area contributed by atoms with Gasteiger partial charge in [-0.1, -0.05) is 48.0 Å². The predicted octanol–water partition coefficient (Wildman–Crippen LogP) is 4.35. The molecule has 0 aliphatic carbocycles. The highest BCUT2D eigenvalue weighted by atomic mass is 35.5. The SMILES string of the molecule is Fc1cc(Cl)ccc1CN1Cc2[nH]cnc2C(c2ccccc2)C1. The summed E-state index contributed by atoms with van der Waals surface area (Å²) in [4.78, 5) is 9.98. The van der Waals surface area contributed by atoms with E-state index < -0.39 is 0 Å². The predicted molar refractivity (Wildman–Crippen MR) is 92.4 cm³/mol. The summed E-state index contributed by atoms with van der Waals surface area (Å²) in [5.74, 6) is -0.0641. The third kappa shape index (κ3) is 2.95. The summed E-state index contributed by atoms with van der Waals surface area (Å²) in [7, 11) is 0. The molecule has 2 heterocycles. The largest absolute Gasteiger partial charge is 0.347 e. The lowest BCUT2D eigenvalue weighted by Gasteiger charge is -2.32. The molecule has 3 aromatic rings. The van der Waals surface area contributed by atoms with E-state index >= 15 is 0 Å². The van der Waals surface area contributed by atoms with E-state index in [2.05, 4.69) is 27.0 Å². The highest BCUT2D eigenvalue weighted by Crippen LogP contribution is 2.32. The van der Waals surface area contributed by atoms with E-state index in [0.717, 1.165) is 24.5 Å². The molecule has 122 valence electrons. The fourth-order valence-corrected chi connectivity index (χ4v) is 3.51. The lowest BCUT2D eigenvalue weighted by atomic mass is 9.91. The third-order valence-electron chi connectivity index (χ3n) is 4.52. The van der Waals surface area contributed by atoms with Crippen molar-refractivity contribution in [2.75, 3.05) is 6.54 Å². The fourth-order valence-electron chi connectivity index (χ4n) is 3.35. The van der Waals surface area contributed by atoms with Gasteiger partial charge in [0.05, 0.1) is 17.7 Å². The molecule has 1 atom stereocenters. The van der Waals surface area contributed by atoms with E-state index in [-0.39, 0.29) is 11.7 Å². The van der Waals surface area contributed by atoms with Crippen molar-refractivity contribution >= 4 is 11.6 Å². The monoisotopic (exact) mass is 341 g/mol. The number of fused-ring (bicyclic) bond motifs is 1. The number of aromatic amines is 1. The van der Waals surface area contributed by atoms with Crippen LogP contribution in [-0.2, 0) is 13.1 Å². The first-order chi connectivity index (χ1) is 11.7. The van der Waals surface area contributed by atoms with Crippen LogP contribution in [0.5, 0.6) is 0 Å². The summed E-state index contributed by atoms with van der Waals surface area (Å²) in [6.45, 7) is 2.09. The molecule has 0 saturated carbocycles. The van der Waals surface area contributed by atoms with Gasteiger partial charge in [0.1, 0.15) is 5.82 Å². The number of hydrogen-bond acceptors (Lipinski definition) is 2. The van der Waals surface area contributed by atoms with Crippen LogP contribution in [0.1, 0.15) is 28.4 Å². The van der Waals surface area contributed by atoms with Crippen molar-refractivity contribution in [3.8, 4) is 0 Å². The molecule has 3 nitrogen and oxygen atoms in total. The Morgan fingerprint density at radius 1 is 1.21 bits per heavy atom. The lowest BCUT2D eigenvalue weighted by molar-refractivity contribution is 0.225. The van der Waals surface area contributed by atoms with Gasteiger partial charge in [-0.2, -0.15) is 0 Å². The smallest absolute Gasteiger partial charge is 0.129 e. The molecule has 2 aromatic carbocycles. The maximum absolute atomic E-state index is 14.1. The highest BCUT2D eigenvalue weighted by Gasteiger charge is 2.29. The Kier molecular flexibility index (Phi) is 4.08. The second kappa shape index (κ2) is 6.38. The molecule has 0 fully saturated rings. The molecule has 0 bridgehead atoms. The van der Waals surface area contributed by atoms with E-state index in [1.165, 1.54) is 11.6 Å². The van der Waals surface area contributed by atoms with Gasteiger partial charge in [0.25, 0.3) is 0 Å². The van der Waals surface area contributed by atoms with Gasteiger partial charge in [0.2, 0.25) is 0 Å². The molecule has 1 aliphatic rings. The number of rotatable bonds is 3. The minimum absolute atomic E-state index is 0.191. The normalized spacial score (nSPS) is 17.7. The van der Waals surface area contributed by atoms with Crippen molar-refractivity contribution in [1.29, 1.82) is 0 Å². The van der Waals surface area contributed by atoms with Crippen molar-refractivity contribution in [1.82, 2.24) is 14.9 Å². The second-order valence-electron chi connectivity index (χ2n) is 6.13. The maximum atomic E-state index is 14.1. The van der Waals surface area contributed by atoms with E-state index in [1.807, 2.05) is 18.2 Å². The van der Waals surface area contributed by atoms with Gasteiger partial charge in [0.15, 0.2) is 0 Å². The van der Waals surface area contributed by atoms with Crippen molar-refractivity contribution in [2.24, 2.45) is 0 Å². The van der Waals surface area contributed by atoms with Crippen LogP contribution in [-0.4, -0.2) is 21.4 Å². The third-order valence-corrected chi connectivity index (χ3v) is 4.75. The van der Waals surface area contributed by atoms with Crippen LogP contribution < -0.4 is 0 Å². The molecule has 0 spiro atoms. The van der Waals surface area contributed by atoms with Crippen molar-refractivity contribution < 1.29 is 4.39 Å². The molecular formula is C19H17ClFN3. The van der Waals surface area contributed by atoms with Crippen LogP contribution in [0.2, 0.25) is 5.02 Å². The van der Waals surface area contributed by atoms with Gasteiger partial charge in [0, 0.05) is 36.1 Å². The Bertz CT molecular complexity index is 847. The molecular weight excluding hydrogens is 325 g/mol. The Labute approximate surface area is 145 Å². The fraction of sp³-hybridized carbons (Fsp3) is 0.211. The van der Waals surface area contributed by atoms with Crippen LogP contribution in [0.25, 0.3) is 0 Å². The van der Waals surface area contributed by atoms with Gasteiger partial charge in [-0.05, 0) is 17.7 Å². The van der Waals surface area contributed by atoms with E-state index in [4.69, 9.17) is 11.6 Å². The van der Waals surface area contributed by atoms with E-state index in [1.54, 1.807) is 18.5 Å². The number of H-pyrrole nitrogens is 1. The van der Waals surface area contributed by atoms with Crippen molar-refractivity contribution in [2.45, 2.75) is 19.0 Å². The molecule has 0 saturated heterocycles. The van der Waals surface area contributed by atoms with Gasteiger partial charge in [-0.3, -0.25) is 4.90 Å². The Morgan fingerprint density at radius 2 is 2.04 bits per heavy atom. The van der Waals surface area contributed by atoms with E-state index in [0.29, 0.717) is 17.1 Å². The van der Waals surface area contributed by atoms with Gasteiger partial charge >= 0.3 is 0 Å². The average Bonchev–Trinajstić information content (AvgIpc) is 3.06. The van der Waals surface area contributed by atoms with Crippen LogP contribution in [0.3, 0.4) is 0 Å². The quantitative estimate of drug-likeness (QED) is 0.768. The molecule has 1 unspecified atom stereocenters. The zero-order chi connectivity index (χ0) is 16.5. The Morgan fingerprint density at radius 3 is 2.83 bits per heavy atom. The molecule has 0 amide bonds. The number of nitrogens with one attached hydrogen (secondary N) is 1. The first-order valence-electron chi connectivity index (χ1n) is 7.94. The first-order valence-corrected chi connectivity index (χ1v) is 8.32. The molecule has 1 N–H and O–H groups in total. The second-order valence-corrected chi connectivity index (χ2v) is 6.57. The van der Waals surface area contributed by atoms with Crippen LogP contribution in [0.4, 0.5) is 4.39 Å². The minimum atomic E-state index is -0.255. The Hall–Kier alpha value is -2.17. The highest BCUT2D eigenvalue weighted by molar-refractivity contribution is 6.30. The molecule has 0 radical (unpaired) electrons. The maximum Gasteiger partial charge on any atom is 0.129 e. The average molecular weight is 342 g/mol. The Balaban J connectivity index is 1.62. The van der Waals surface area contributed by atoms with Crippen LogP contribution in [0.15, 0.2) is 54.9 Å². The summed E-state index contributed by atoms with van der Waals surface area (Å²) in [6, 6.07) is 15.2. The van der Waals surface area contributed by atoms with Gasteiger partial charge in [-0.25, -0.2) is 9.37 Å². The lowest BCUT2D eigenvalue weighted by Crippen LogP contribution is -2.34. The summed E-state index contributed by atoms with van der Waals surface area (Å²) < 4.78 is 14.1. The van der Waals surface area contributed by atoms with Crippen molar-refractivity contribution in [3.05, 3.63) is 88.2 Å². The number of hydrogen-bond donors (Lipinski definition) is 1. The molecule has 24 heavy (non-hydrogen) atoms. The summed E-state index contributed by atoms with van der Waals surface area (Å²) in [5.41, 5.74) is 4.08. The molecule has 5 heteroatoms. The zero-order valence-corrected chi connectivity index (χ0v) is 13.8. The van der Waals surface area contributed by atoms with Crippen molar-refractivity contribution in [3.63, 3.8) is 0 Å². The number of benzene rings is 2. The van der Waals surface area contributed by atoms with Gasteiger partial charge in [-0.15, -0.1) is 0 Å². The number of halogens is 2. The summed E-state index contributed by atoms with van der Waals surface area (Å²) in [6.07, 6.45) is 1.74. The minimum Gasteiger partial charge on any atom is -0.347 e. The molecule has 1 aliphatic heterocycles. The van der Waals surface area contributed by atoms with Gasteiger partial charge < -0.3 is 4.98 Å². The first kappa shape index (κ1) is 15.4. The van der Waals surface area contributed by atoms with E-state index in [9.17, 15) is 4.39 Å². The molecule has 4 rings (SSSR count). The number of nitrogens with zero attached hydrogens (tertiary/aromatic N) is 2.